The number of para-hydroxylation sites is 1. The molecule has 4 rings (SSSR count). The molecule has 138 valence electrons. The third-order valence-corrected chi connectivity index (χ3v) is 5.62. The van der Waals surface area contributed by atoms with Gasteiger partial charge in [0, 0.05) is 23.5 Å². The van der Waals surface area contributed by atoms with E-state index in [1.807, 2.05) is 12.1 Å². The van der Waals surface area contributed by atoms with Gasteiger partial charge in [-0.25, -0.2) is 4.98 Å². The second kappa shape index (κ2) is 7.03. The number of rotatable bonds is 3. The summed E-state index contributed by atoms with van der Waals surface area (Å²) in [5.74, 6) is 1.69. The molecule has 1 aromatic heterocycles. The summed E-state index contributed by atoms with van der Waals surface area (Å²) >= 11 is 0. The molecule has 0 radical (unpaired) electrons. The highest BCUT2D eigenvalue weighted by Gasteiger charge is 2.26. The average molecular weight is 358 g/mol. The number of nitrogens with zero attached hydrogens (tertiary/aromatic N) is 3. The molecule has 2 aromatic carbocycles. The Morgan fingerprint density at radius 2 is 1.70 bits per heavy atom. The van der Waals surface area contributed by atoms with Crippen molar-refractivity contribution in [3.63, 3.8) is 0 Å². The number of fused-ring (bicyclic) bond motifs is 1. The van der Waals surface area contributed by atoms with Gasteiger partial charge >= 0.3 is 0 Å². The van der Waals surface area contributed by atoms with E-state index in [0.29, 0.717) is 12.0 Å². The molecular formula is C23H26N4. The molecule has 1 atom stereocenters. The Morgan fingerprint density at radius 1 is 0.963 bits per heavy atom. The van der Waals surface area contributed by atoms with E-state index in [2.05, 4.69) is 79.3 Å². The zero-order chi connectivity index (χ0) is 19.0. The molecule has 4 heteroatoms. The van der Waals surface area contributed by atoms with Crippen molar-refractivity contribution in [2.45, 2.75) is 40.2 Å². The SMILES string of the molecule is Cc1ccccc1Nc1nc(C)c(C)c(N2CCc3ccccc3[C@H]2C)n1. The topological polar surface area (TPSA) is 41.1 Å². The maximum Gasteiger partial charge on any atom is 0.229 e. The fraction of sp³-hybridized carbons (Fsp3) is 0.304. The van der Waals surface area contributed by atoms with Gasteiger partial charge in [0.2, 0.25) is 5.95 Å². The van der Waals surface area contributed by atoms with Gasteiger partial charge in [0.25, 0.3) is 0 Å². The Bertz CT molecular complexity index is 980. The number of anilines is 3. The zero-order valence-corrected chi connectivity index (χ0v) is 16.5. The standard InChI is InChI=1S/C23H26N4/c1-15-9-5-8-12-21(15)25-23-24-17(3)16(2)22(26-23)27-14-13-19-10-6-7-11-20(19)18(27)4/h5-12,18H,13-14H2,1-4H3,(H,24,25,26)/t18-/m1/s1. The smallest absolute Gasteiger partial charge is 0.229 e. The first-order chi connectivity index (χ1) is 13.0. The molecule has 3 aromatic rings. The van der Waals surface area contributed by atoms with E-state index in [1.54, 1.807) is 0 Å². The van der Waals surface area contributed by atoms with Crippen LogP contribution < -0.4 is 10.2 Å². The molecule has 4 nitrogen and oxygen atoms in total. The molecule has 1 N–H and O–H groups in total. The maximum atomic E-state index is 4.92. The van der Waals surface area contributed by atoms with E-state index < -0.39 is 0 Å². The van der Waals surface area contributed by atoms with Crippen LogP contribution in [0.2, 0.25) is 0 Å². The van der Waals surface area contributed by atoms with Crippen molar-refractivity contribution < 1.29 is 0 Å². The Hall–Kier alpha value is -2.88. The molecule has 1 aliphatic rings. The number of aryl methyl sites for hydroxylation is 2. The number of aromatic nitrogens is 2. The summed E-state index contributed by atoms with van der Waals surface area (Å²) in [5.41, 5.74) is 7.24. The Morgan fingerprint density at radius 3 is 2.52 bits per heavy atom. The van der Waals surface area contributed by atoms with E-state index in [4.69, 9.17) is 4.98 Å². The highest BCUT2D eigenvalue weighted by molar-refractivity contribution is 5.61. The van der Waals surface area contributed by atoms with Gasteiger partial charge in [0.05, 0.1) is 6.04 Å². The van der Waals surface area contributed by atoms with Gasteiger partial charge in [-0.1, -0.05) is 42.5 Å². The van der Waals surface area contributed by atoms with Gasteiger partial charge in [-0.15, -0.1) is 0 Å². The third kappa shape index (κ3) is 3.27. The van der Waals surface area contributed by atoms with Crippen LogP contribution in [-0.2, 0) is 6.42 Å². The van der Waals surface area contributed by atoms with Gasteiger partial charge in [0.1, 0.15) is 5.82 Å². The van der Waals surface area contributed by atoms with Crippen LogP contribution in [0.1, 0.15) is 40.9 Å². The molecule has 0 saturated heterocycles. The monoisotopic (exact) mass is 358 g/mol. The Labute approximate surface area is 161 Å². The Balaban J connectivity index is 1.71. The molecule has 2 heterocycles. The lowest BCUT2D eigenvalue weighted by Gasteiger charge is -2.37. The van der Waals surface area contributed by atoms with Gasteiger partial charge in [0.15, 0.2) is 0 Å². The van der Waals surface area contributed by atoms with E-state index in [0.717, 1.165) is 35.7 Å². The van der Waals surface area contributed by atoms with Crippen molar-refractivity contribution in [1.29, 1.82) is 0 Å². The first-order valence-electron chi connectivity index (χ1n) is 9.57. The summed E-state index contributed by atoms with van der Waals surface area (Å²) in [6.45, 7) is 9.51. The molecular weight excluding hydrogens is 332 g/mol. The molecule has 0 bridgehead atoms. The van der Waals surface area contributed by atoms with Crippen molar-refractivity contribution in [3.8, 4) is 0 Å². The van der Waals surface area contributed by atoms with Crippen LogP contribution in [0.15, 0.2) is 48.5 Å². The van der Waals surface area contributed by atoms with Crippen LogP contribution in [0.25, 0.3) is 0 Å². The summed E-state index contributed by atoms with van der Waals surface area (Å²) in [4.78, 5) is 12.0. The molecule has 0 aliphatic carbocycles. The predicted molar refractivity (Wildman–Crippen MR) is 112 cm³/mol. The molecule has 0 amide bonds. The van der Waals surface area contributed by atoms with Crippen LogP contribution in [0.3, 0.4) is 0 Å². The fourth-order valence-electron chi connectivity index (χ4n) is 3.84. The van der Waals surface area contributed by atoms with Crippen molar-refractivity contribution in [2.75, 3.05) is 16.8 Å². The van der Waals surface area contributed by atoms with E-state index in [-0.39, 0.29) is 0 Å². The van der Waals surface area contributed by atoms with Crippen LogP contribution >= 0.6 is 0 Å². The molecule has 1 aliphatic heterocycles. The van der Waals surface area contributed by atoms with Crippen LogP contribution in [-0.4, -0.2) is 16.5 Å². The van der Waals surface area contributed by atoms with Gasteiger partial charge in [-0.2, -0.15) is 4.98 Å². The van der Waals surface area contributed by atoms with Crippen molar-refractivity contribution in [3.05, 3.63) is 76.5 Å². The van der Waals surface area contributed by atoms with Crippen molar-refractivity contribution >= 4 is 17.5 Å². The number of nitrogens with one attached hydrogen (secondary N) is 1. The molecule has 0 saturated carbocycles. The lowest BCUT2D eigenvalue weighted by atomic mass is 9.93. The highest BCUT2D eigenvalue weighted by Crippen LogP contribution is 2.35. The Kier molecular flexibility index (Phi) is 4.56. The van der Waals surface area contributed by atoms with Gasteiger partial charge in [-0.05, 0) is 56.9 Å². The summed E-state index contributed by atoms with van der Waals surface area (Å²) < 4.78 is 0. The minimum atomic E-state index is 0.300. The van der Waals surface area contributed by atoms with Crippen LogP contribution in [0.5, 0.6) is 0 Å². The van der Waals surface area contributed by atoms with Gasteiger partial charge in [-0.3, -0.25) is 0 Å². The second-order valence-corrected chi connectivity index (χ2v) is 7.34. The van der Waals surface area contributed by atoms with Crippen LogP contribution in [0, 0.1) is 20.8 Å². The third-order valence-electron chi connectivity index (χ3n) is 5.62. The lowest BCUT2D eigenvalue weighted by Crippen LogP contribution is -2.35. The lowest BCUT2D eigenvalue weighted by molar-refractivity contribution is 0.614. The van der Waals surface area contributed by atoms with Crippen molar-refractivity contribution in [1.82, 2.24) is 9.97 Å². The summed E-state index contributed by atoms with van der Waals surface area (Å²) in [5, 5.41) is 3.40. The quantitative estimate of drug-likeness (QED) is 0.692. The zero-order valence-electron chi connectivity index (χ0n) is 16.5. The number of hydrogen-bond donors (Lipinski definition) is 1. The largest absolute Gasteiger partial charge is 0.349 e. The highest BCUT2D eigenvalue weighted by atomic mass is 15.3. The van der Waals surface area contributed by atoms with Crippen molar-refractivity contribution in [2.24, 2.45) is 0 Å². The summed E-state index contributed by atoms with van der Waals surface area (Å²) in [6, 6.07) is 17.3. The maximum absolute atomic E-state index is 4.92. The molecule has 0 unspecified atom stereocenters. The normalized spacial score (nSPS) is 16.1. The number of benzene rings is 2. The van der Waals surface area contributed by atoms with E-state index in [9.17, 15) is 0 Å². The van der Waals surface area contributed by atoms with Gasteiger partial charge < -0.3 is 10.2 Å². The predicted octanol–water partition coefficient (Wildman–Crippen LogP) is 5.27. The molecule has 27 heavy (non-hydrogen) atoms. The van der Waals surface area contributed by atoms with E-state index in [1.165, 1.54) is 16.7 Å². The summed E-state index contributed by atoms with van der Waals surface area (Å²) in [7, 11) is 0. The van der Waals surface area contributed by atoms with E-state index >= 15 is 0 Å². The first kappa shape index (κ1) is 17.5. The fourth-order valence-corrected chi connectivity index (χ4v) is 3.84. The molecule has 0 fully saturated rings. The minimum absolute atomic E-state index is 0.300. The number of hydrogen-bond acceptors (Lipinski definition) is 4. The van der Waals surface area contributed by atoms with Crippen LogP contribution in [0.4, 0.5) is 17.5 Å². The minimum Gasteiger partial charge on any atom is -0.349 e. The molecule has 0 spiro atoms. The second-order valence-electron chi connectivity index (χ2n) is 7.34. The summed E-state index contributed by atoms with van der Waals surface area (Å²) in [6.07, 6.45) is 1.05. The first-order valence-corrected chi connectivity index (χ1v) is 9.57. The average Bonchev–Trinajstić information content (AvgIpc) is 2.67.